The van der Waals surface area contributed by atoms with E-state index in [1.54, 1.807) is 24.3 Å². The van der Waals surface area contributed by atoms with E-state index < -0.39 is 11.8 Å². The smallest absolute Gasteiger partial charge is 0.376 e. The number of benzene rings is 2. The Kier molecular flexibility index (Phi) is 3.15. The van der Waals surface area contributed by atoms with Gasteiger partial charge in [-0.2, -0.15) is 13.2 Å². The van der Waals surface area contributed by atoms with Gasteiger partial charge in [0.05, 0.1) is 0 Å². The molecule has 0 amide bonds. The van der Waals surface area contributed by atoms with Crippen LogP contribution in [0.1, 0.15) is 12.5 Å². The number of hydrogen-bond donors (Lipinski definition) is 1. The fourth-order valence-corrected chi connectivity index (χ4v) is 2.45. The molecule has 2 aromatic carbocycles. The molecule has 0 aromatic heterocycles. The van der Waals surface area contributed by atoms with Gasteiger partial charge in [0.2, 0.25) is 0 Å². The zero-order valence-corrected chi connectivity index (χ0v) is 11.0. The highest BCUT2D eigenvalue weighted by Crippen LogP contribution is 2.42. The van der Waals surface area contributed by atoms with Crippen molar-refractivity contribution in [1.29, 1.82) is 0 Å². The first-order chi connectivity index (χ1) is 8.25. The van der Waals surface area contributed by atoms with Gasteiger partial charge in [-0.1, -0.05) is 46.3 Å². The molecular weight excluding hydrogens is 309 g/mol. The van der Waals surface area contributed by atoms with Gasteiger partial charge >= 0.3 is 6.18 Å². The topological polar surface area (TPSA) is 20.2 Å². The molecule has 0 spiro atoms. The van der Waals surface area contributed by atoms with Crippen LogP contribution in [0.5, 0.6) is 0 Å². The van der Waals surface area contributed by atoms with Gasteiger partial charge < -0.3 is 5.11 Å². The molecule has 1 N–H and O–H groups in total. The Balaban J connectivity index is 2.80. The maximum Gasteiger partial charge on any atom is 0.421 e. The molecule has 96 valence electrons. The maximum absolute atomic E-state index is 12.9. The lowest BCUT2D eigenvalue weighted by atomic mass is 9.90. The van der Waals surface area contributed by atoms with Crippen molar-refractivity contribution >= 4 is 26.7 Å². The van der Waals surface area contributed by atoms with E-state index in [2.05, 4.69) is 15.9 Å². The van der Waals surface area contributed by atoms with Crippen molar-refractivity contribution in [1.82, 2.24) is 0 Å². The molecule has 0 bridgehead atoms. The SMILES string of the molecule is CC(O)(c1cccc2cccc(Br)c12)C(F)(F)F. The van der Waals surface area contributed by atoms with Crippen LogP contribution in [0.4, 0.5) is 13.2 Å². The Labute approximate surface area is 110 Å². The van der Waals surface area contributed by atoms with Gasteiger partial charge in [0.15, 0.2) is 5.60 Å². The van der Waals surface area contributed by atoms with Gasteiger partial charge in [-0.25, -0.2) is 0 Å². The minimum atomic E-state index is -4.73. The van der Waals surface area contributed by atoms with Crippen molar-refractivity contribution in [2.45, 2.75) is 18.7 Å². The summed E-state index contributed by atoms with van der Waals surface area (Å²) >= 11 is 3.23. The van der Waals surface area contributed by atoms with Crippen molar-refractivity contribution in [3.63, 3.8) is 0 Å². The summed E-state index contributed by atoms with van der Waals surface area (Å²) in [5, 5.41) is 10.8. The maximum atomic E-state index is 12.9. The fraction of sp³-hybridized carbons (Fsp3) is 0.231. The van der Waals surface area contributed by atoms with E-state index in [9.17, 15) is 18.3 Å². The van der Waals surface area contributed by atoms with Crippen LogP contribution in [-0.2, 0) is 5.60 Å². The number of hydrogen-bond acceptors (Lipinski definition) is 1. The number of aliphatic hydroxyl groups is 1. The van der Waals surface area contributed by atoms with Gasteiger partial charge in [0.1, 0.15) is 0 Å². The zero-order valence-electron chi connectivity index (χ0n) is 9.42. The van der Waals surface area contributed by atoms with E-state index in [-0.39, 0.29) is 5.56 Å². The highest BCUT2D eigenvalue weighted by atomic mass is 79.9. The third kappa shape index (κ3) is 2.01. The summed E-state index contributed by atoms with van der Waals surface area (Å²) in [7, 11) is 0. The third-order valence-electron chi connectivity index (χ3n) is 2.93. The van der Waals surface area contributed by atoms with Gasteiger partial charge in [-0.15, -0.1) is 0 Å². The van der Waals surface area contributed by atoms with Gasteiger partial charge in [0, 0.05) is 15.4 Å². The van der Waals surface area contributed by atoms with Crippen molar-refractivity contribution in [2.24, 2.45) is 0 Å². The van der Waals surface area contributed by atoms with Crippen LogP contribution < -0.4 is 0 Å². The highest BCUT2D eigenvalue weighted by Gasteiger charge is 2.51. The second-order valence-electron chi connectivity index (χ2n) is 4.21. The Morgan fingerprint density at radius 3 is 2.17 bits per heavy atom. The van der Waals surface area contributed by atoms with Gasteiger partial charge in [-0.05, 0) is 18.4 Å². The predicted octanol–water partition coefficient (Wildman–Crippen LogP) is 4.37. The Morgan fingerprint density at radius 2 is 1.61 bits per heavy atom. The minimum Gasteiger partial charge on any atom is -0.376 e. The quantitative estimate of drug-likeness (QED) is 0.827. The molecule has 2 rings (SSSR count). The van der Waals surface area contributed by atoms with Crippen molar-refractivity contribution in [3.8, 4) is 0 Å². The third-order valence-corrected chi connectivity index (χ3v) is 3.59. The van der Waals surface area contributed by atoms with Crippen LogP contribution in [-0.4, -0.2) is 11.3 Å². The lowest BCUT2D eigenvalue weighted by Crippen LogP contribution is -2.39. The predicted molar refractivity (Wildman–Crippen MR) is 67.3 cm³/mol. The fourth-order valence-electron chi connectivity index (χ4n) is 1.85. The number of alkyl halides is 3. The molecule has 2 aromatic rings. The largest absolute Gasteiger partial charge is 0.421 e. The Bertz CT molecular complexity index is 585. The molecule has 5 heteroatoms. The van der Waals surface area contributed by atoms with E-state index in [4.69, 9.17) is 0 Å². The molecule has 1 nitrogen and oxygen atoms in total. The van der Waals surface area contributed by atoms with Crippen LogP contribution in [0.3, 0.4) is 0 Å². The monoisotopic (exact) mass is 318 g/mol. The lowest BCUT2D eigenvalue weighted by Gasteiger charge is -2.28. The second kappa shape index (κ2) is 4.24. The van der Waals surface area contributed by atoms with E-state index in [1.807, 2.05) is 0 Å². The average molecular weight is 319 g/mol. The zero-order chi connectivity index (χ0) is 13.6. The molecule has 0 aliphatic carbocycles. The summed E-state index contributed by atoms with van der Waals surface area (Å²) in [5.41, 5.74) is -3.03. The first kappa shape index (κ1) is 13.4. The molecule has 0 fully saturated rings. The molecule has 1 atom stereocenters. The van der Waals surface area contributed by atoms with E-state index >= 15 is 0 Å². The number of fused-ring (bicyclic) bond motifs is 1. The summed E-state index contributed by atoms with van der Waals surface area (Å²) in [5.74, 6) is 0. The lowest BCUT2D eigenvalue weighted by molar-refractivity contribution is -0.258. The standard InChI is InChI=1S/C13H10BrF3O/c1-12(18,13(15,16)17)9-6-2-4-8-5-3-7-10(14)11(8)9/h2-7,18H,1H3. The summed E-state index contributed by atoms with van der Waals surface area (Å²) in [6.07, 6.45) is -4.73. The van der Waals surface area contributed by atoms with Crippen molar-refractivity contribution in [2.75, 3.05) is 0 Å². The number of halogens is 4. The summed E-state index contributed by atoms with van der Waals surface area (Å²) in [4.78, 5) is 0. The molecule has 0 saturated carbocycles. The van der Waals surface area contributed by atoms with E-state index in [0.717, 1.165) is 6.92 Å². The van der Waals surface area contributed by atoms with Crippen LogP contribution in [0.15, 0.2) is 40.9 Å². The summed E-state index contributed by atoms with van der Waals surface area (Å²) in [6, 6.07) is 9.59. The Morgan fingerprint density at radius 1 is 1.06 bits per heavy atom. The molecular formula is C13H10BrF3O. The van der Waals surface area contributed by atoms with Crippen LogP contribution in [0.25, 0.3) is 10.8 Å². The van der Waals surface area contributed by atoms with Crippen molar-refractivity contribution in [3.05, 3.63) is 46.4 Å². The first-order valence-corrected chi connectivity index (χ1v) is 6.01. The van der Waals surface area contributed by atoms with Crippen LogP contribution >= 0.6 is 15.9 Å². The molecule has 0 radical (unpaired) electrons. The molecule has 0 aliphatic heterocycles. The number of rotatable bonds is 1. The molecule has 0 heterocycles. The van der Waals surface area contributed by atoms with Crippen LogP contribution in [0.2, 0.25) is 0 Å². The summed E-state index contributed by atoms with van der Waals surface area (Å²) < 4.78 is 39.3. The molecule has 18 heavy (non-hydrogen) atoms. The van der Waals surface area contributed by atoms with E-state index in [0.29, 0.717) is 15.2 Å². The van der Waals surface area contributed by atoms with Gasteiger partial charge in [0.25, 0.3) is 0 Å². The molecule has 0 aliphatic rings. The Hall–Kier alpha value is -1.07. The normalized spacial score (nSPS) is 15.7. The minimum absolute atomic E-state index is 0.153. The van der Waals surface area contributed by atoms with Crippen molar-refractivity contribution < 1.29 is 18.3 Å². The average Bonchev–Trinajstić information content (AvgIpc) is 2.27. The van der Waals surface area contributed by atoms with Crippen LogP contribution in [0, 0.1) is 0 Å². The molecule has 0 saturated heterocycles. The van der Waals surface area contributed by atoms with Gasteiger partial charge in [-0.3, -0.25) is 0 Å². The summed E-state index contributed by atoms with van der Waals surface area (Å²) in [6.45, 7) is 0.765. The second-order valence-corrected chi connectivity index (χ2v) is 5.07. The first-order valence-electron chi connectivity index (χ1n) is 5.22. The van der Waals surface area contributed by atoms with E-state index in [1.165, 1.54) is 12.1 Å². The molecule has 1 unspecified atom stereocenters. The highest BCUT2D eigenvalue weighted by molar-refractivity contribution is 9.10.